The molecule has 34 heavy (non-hydrogen) atoms. The number of esters is 1. The number of anilines is 2. The van der Waals surface area contributed by atoms with Gasteiger partial charge in [-0.15, -0.1) is 11.3 Å². The van der Waals surface area contributed by atoms with Crippen LogP contribution in [0.3, 0.4) is 0 Å². The Morgan fingerprint density at radius 2 is 1.71 bits per heavy atom. The maximum absolute atomic E-state index is 12.8. The van der Waals surface area contributed by atoms with Crippen LogP contribution in [0.25, 0.3) is 0 Å². The van der Waals surface area contributed by atoms with Crippen LogP contribution in [0.15, 0.2) is 53.9 Å². The van der Waals surface area contributed by atoms with E-state index in [1.807, 2.05) is 6.07 Å². The molecule has 0 radical (unpaired) electrons. The highest BCUT2D eigenvalue weighted by molar-refractivity contribution is 7.12. The summed E-state index contributed by atoms with van der Waals surface area (Å²) >= 11 is 1.25. The van der Waals surface area contributed by atoms with Crippen molar-refractivity contribution in [1.29, 1.82) is 5.26 Å². The first-order chi connectivity index (χ1) is 16.4. The number of carbonyl (C=O) groups excluding carboxylic acids is 3. The molecule has 0 bridgehead atoms. The van der Waals surface area contributed by atoms with Gasteiger partial charge in [-0.3, -0.25) is 9.59 Å². The van der Waals surface area contributed by atoms with Gasteiger partial charge in [0.05, 0.1) is 42.8 Å². The Bertz CT molecular complexity index is 1220. The second kappa shape index (κ2) is 11.5. The first kappa shape index (κ1) is 24.3. The van der Waals surface area contributed by atoms with Crippen molar-refractivity contribution in [2.24, 2.45) is 0 Å². The normalized spacial score (nSPS) is 10.0. The summed E-state index contributed by atoms with van der Waals surface area (Å²) in [7, 11) is 2.84. The van der Waals surface area contributed by atoms with Crippen LogP contribution >= 0.6 is 11.3 Å². The molecule has 174 valence electrons. The fourth-order valence-electron chi connectivity index (χ4n) is 2.95. The monoisotopic (exact) mass is 479 g/mol. The molecule has 0 aliphatic heterocycles. The molecular weight excluding hydrogens is 458 g/mol. The summed E-state index contributed by atoms with van der Waals surface area (Å²) < 4.78 is 15.7. The fraction of sp³-hybridized carbons (Fsp3) is 0.167. The van der Waals surface area contributed by atoms with E-state index in [-0.39, 0.29) is 23.4 Å². The van der Waals surface area contributed by atoms with Gasteiger partial charge in [-0.2, -0.15) is 5.26 Å². The Labute approximate surface area is 199 Å². The van der Waals surface area contributed by atoms with Crippen molar-refractivity contribution < 1.29 is 28.6 Å². The molecule has 10 heteroatoms. The second-order valence-electron chi connectivity index (χ2n) is 6.84. The predicted octanol–water partition coefficient (Wildman–Crippen LogP) is 3.88. The molecule has 0 fully saturated rings. The zero-order valence-corrected chi connectivity index (χ0v) is 19.2. The standard InChI is InChI=1S/C24H21N3O6S/c1-31-19-12-17(18(13-20(19)32-2)27-23(29)21-4-3-11-34-21)24(30)33-14-22(28)26-16-7-5-15(6-8-16)9-10-25/h3-8,11-13H,9,14H2,1-2H3,(H,26,28)(H,27,29). The molecular formula is C24H21N3O6S. The number of nitriles is 1. The molecule has 1 aromatic heterocycles. The smallest absolute Gasteiger partial charge is 0.340 e. The Kier molecular flexibility index (Phi) is 8.21. The zero-order valence-electron chi connectivity index (χ0n) is 18.4. The lowest BCUT2D eigenvalue weighted by atomic mass is 10.1. The van der Waals surface area contributed by atoms with Gasteiger partial charge >= 0.3 is 5.97 Å². The summed E-state index contributed by atoms with van der Waals surface area (Å²) in [4.78, 5) is 38.0. The highest BCUT2D eigenvalue weighted by Gasteiger charge is 2.21. The van der Waals surface area contributed by atoms with Crippen molar-refractivity contribution in [2.45, 2.75) is 6.42 Å². The predicted molar refractivity (Wildman–Crippen MR) is 126 cm³/mol. The summed E-state index contributed by atoms with van der Waals surface area (Å²) in [5, 5.41) is 15.8. The number of methoxy groups -OCH3 is 2. The quantitative estimate of drug-likeness (QED) is 0.446. The molecule has 9 nitrogen and oxygen atoms in total. The number of hydrogen-bond donors (Lipinski definition) is 2. The molecule has 2 amide bonds. The third-order valence-electron chi connectivity index (χ3n) is 4.59. The van der Waals surface area contributed by atoms with E-state index in [1.54, 1.807) is 41.8 Å². The summed E-state index contributed by atoms with van der Waals surface area (Å²) in [6.45, 7) is -0.550. The highest BCUT2D eigenvalue weighted by Crippen LogP contribution is 2.34. The molecule has 3 aromatic rings. The lowest BCUT2D eigenvalue weighted by Gasteiger charge is -2.15. The minimum atomic E-state index is -0.832. The minimum Gasteiger partial charge on any atom is -0.493 e. The lowest BCUT2D eigenvalue weighted by molar-refractivity contribution is -0.119. The summed E-state index contributed by atoms with van der Waals surface area (Å²) in [5.41, 5.74) is 1.46. The molecule has 0 saturated heterocycles. The van der Waals surface area contributed by atoms with E-state index >= 15 is 0 Å². The molecule has 2 N–H and O–H groups in total. The molecule has 0 saturated carbocycles. The Morgan fingerprint density at radius 3 is 2.32 bits per heavy atom. The van der Waals surface area contributed by atoms with Crippen LogP contribution < -0.4 is 20.1 Å². The number of nitrogens with one attached hydrogen (secondary N) is 2. The van der Waals surface area contributed by atoms with Crippen molar-refractivity contribution in [1.82, 2.24) is 0 Å². The third-order valence-corrected chi connectivity index (χ3v) is 5.46. The molecule has 2 aromatic carbocycles. The molecule has 0 aliphatic rings. The summed E-state index contributed by atoms with van der Waals surface area (Å²) in [6.07, 6.45) is 0.266. The van der Waals surface area contributed by atoms with Gasteiger partial charge in [-0.1, -0.05) is 18.2 Å². The van der Waals surface area contributed by atoms with E-state index in [0.29, 0.717) is 16.3 Å². The van der Waals surface area contributed by atoms with Gasteiger partial charge in [-0.25, -0.2) is 4.79 Å². The van der Waals surface area contributed by atoms with Crippen molar-refractivity contribution in [3.8, 4) is 17.6 Å². The molecule has 1 heterocycles. The molecule has 3 rings (SSSR count). The number of benzene rings is 2. The first-order valence-corrected chi connectivity index (χ1v) is 10.9. The number of rotatable bonds is 9. The van der Waals surface area contributed by atoms with E-state index in [9.17, 15) is 14.4 Å². The van der Waals surface area contributed by atoms with Crippen LogP contribution in [0.2, 0.25) is 0 Å². The largest absolute Gasteiger partial charge is 0.493 e. The SMILES string of the molecule is COc1cc(NC(=O)c2cccs2)c(C(=O)OCC(=O)Nc2ccc(CC#N)cc2)cc1OC. The van der Waals surface area contributed by atoms with Crippen molar-refractivity contribution in [3.63, 3.8) is 0 Å². The van der Waals surface area contributed by atoms with Gasteiger partial charge in [0.1, 0.15) is 0 Å². The lowest BCUT2D eigenvalue weighted by Crippen LogP contribution is -2.22. The molecule has 0 atom stereocenters. The maximum Gasteiger partial charge on any atom is 0.340 e. The van der Waals surface area contributed by atoms with E-state index < -0.39 is 24.4 Å². The van der Waals surface area contributed by atoms with Crippen molar-refractivity contribution >= 4 is 40.5 Å². The number of carbonyl (C=O) groups is 3. The van der Waals surface area contributed by atoms with Crippen LogP contribution in [-0.2, 0) is 16.0 Å². The number of amides is 2. The van der Waals surface area contributed by atoms with E-state index in [0.717, 1.165) is 5.56 Å². The van der Waals surface area contributed by atoms with Crippen molar-refractivity contribution in [2.75, 3.05) is 31.5 Å². The number of thiophene rings is 1. The van der Waals surface area contributed by atoms with Gasteiger partial charge < -0.3 is 24.8 Å². The van der Waals surface area contributed by atoms with E-state index in [4.69, 9.17) is 19.5 Å². The molecule has 0 spiro atoms. The van der Waals surface area contributed by atoms with E-state index in [1.165, 1.54) is 37.7 Å². The fourth-order valence-corrected chi connectivity index (χ4v) is 3.57. The van der Waals surface area contributed by atoms with Crippen LogP contribution in [0.4, 0.5) is 11.4 Å². The van der Waals surface area contributed by atoms with Crippen LogP contribution in [0, 0.1) is 11.3 Å². The maximum atomic E-state index is 12.8. The van der Waals surface area contributed by atoms with Gasteiger partial charge in [0, 0.05) is 17.8 Å². The van der Waals surface area contributed by atoms with Gasteiger partial charge in [0.2, 0.25) is 0 Å². The van der Waals surface area contributed by atoms with Gasteiger partial charge in [-0.05, 0) is 29.1 Å². The topological polar surface area (TPSA) is 127 Å². The third kappa shape index (κ3) is 6.11. The average Bonchev–Trinajstić information content (AvgIpc) is 3.39. The van der Waals surface area contributed by atoms with Crippen molar-refractivity contribution in [3.05, 3.63) is 69.9 Å². The number of ether oxygens (including phenoxy) is 3. The number of nitrogens with zero attached hydrogens (tertiary/aromatic N) is 1. The Hall–Kier alpha value is -4.36. The van der Waals surface area contributed by atoms with Crippen LogP contribution in [-0.4, -0.2) is 38.6 Å². The Morgan fingerprint density at radius 1 is 1.00 bits per heavy atom. The van der Waals surface area contributed by atoms with Gasteiger partial charge in [0.15, 0.2) is 18.1 Å². The zero-order chi connectivity index (χ0) is 24.5. The van der Waals surface area contributed by atoms with Gasteiger partial charge in [0.25, 0.3) is 11.8 Å². The first-order valence-electron chi connectivity index (χ1n) is 9.99. The number of hydrogen-bond acceptors (Lipinski definition) is 8. The van der Waals surface area contributed by atoms with Crippen LogP contribution in [0.5, 0.6) is 11.5 Å². The Balaban J connectivity index is 1.72. The average molecular weight is 480 g/mol. The summed E-state index contributed by atoms with van der Waals surface area (Å²) in [6, 6.07) is 15.0. The summed E-state index contributed by atoms with van der Waals surface area (Å²) in [5.74, 6) is -1.23. The van der Waals surface area contributed by atoms with Crippen LogP contribution in [0.1, 0.15) is 25.6 Å². The van der Waals surface area contributed by atoms with E-state index in [2.05, 4.69) is 10.6 Å². The second-order valence-corrected chi connectivity index (χ2v) is 7.79. The molecule has 0 unspecified atom stereocenters. The molecule has 0 aliphatic carbocycles. The minimum absolute atomic E-state index is 0.00351. The highest BCUT2D eigenvalue weighted by atomic mass is 32.1.